The summed E-state index contributed by atoms with van der Waals surface area (Å²) in [4.78, 5) is 38.7. The lowest BCUT2D eigenvalue weighted by molar-refractivity contribution is -0.137. The van der Waals surface area contributed by atoms with E-state index in [0.717, 1.165) is 20.1 Å². The van der Waals surface area contributed by atoms with Crippen LogP contribution in [0.2, 0.25) is 0 Å². The number of hydrogen-bond acceptors (Lipinski definition) is 3. The van der Waals surface area contributed by atoms with Crippen LogP contribution in [0.5, 0.6) is 0 Å². The van der Waals surface area contributed by atoms with Crippen molar-refractivity contribution < 1.29 is 14.4 Å². The van der Waals surface area contributed by atoms with E-state index in [1.165, 1.54) is 4.68 Å². The van der Waals surface area contributed by atoms with Crippen molar-refractivity contribution in [2.45, 2.75) is 19.9 Å². The predicted molar refractivity (Wildman–Crippen MR) is 144 cm³/mol. The maximum atomic E-state index is 13.2. The van der Waals surface area contributed by atoms with Crippen LogP contribution in [0.15, 0.2) is 81.7 Å². The number of carbonyl (C=O) groups is 3. The van der Waals surface area contributed by atoms with Crippen LogP contribution in [-0.2, 0) is 9.59 Å². The van der Waals surface area contributed by atoms with Crippen molar-refractivity contribution in [3.8, 4) is 0 Å². The molecule has 35 heavy (non-hydrogen) atoms. The van der Waals surface area contributed by atoms with E-state index in [9.17, 15) is 14.4 Å². The van der Waals surface area contributed by atoms with Gasteiger partial charge in [0.25, 0.3) is 5.91 Å². The zero-order valence-corrected chi connectivity index (χ0v) is 22.1. The number of hydrogen-bond donors (Lipinski definition) is 3. The maximum Gasteiger partial charge on any atom is 0.328 e. The summed E-state index contributed by atoms with van der Waals surface area (Å²) in [6.45, 7) is 3.74. The summed E-state index contributed by atoms with van der Waals surface area (Å²) in [5.41, 5.74) is 5.81. The lowest BCUT2D eigenvalue weighted by Gasteiger charge is -2.16. The van der Waals surface area contributed by atoms with Crippen molar-refractivity contribution in [1.29, 1.82) is 0 Å². The SMILES string of the molecule is Cc1ccc(NC(=O)c2cc3cc(Br)ccc3n2NC(=O)C(=O)N[C@H](C)c2ccccc2)c(Br)c1. The highest BCUT2D eigenvalue weighted by Gasteiger charge is 2.22. The minimum atomic E-state index is -0.890. The van der Waals surface area contributed by atoms with E-state index in [1.807, 2.05) is 55.5 Å². The molecule has 4 rings (SSSR count). The van der Waals surface area contributed by atoms with E-state index >= 15 is 0 Å². The topological polar surface area (TPSA) is 92.2 Å². The van der Waals surface area contributed by atoms with Crippen molar-refractivity contribution in [3.05, 3.63) is 98.6 Å². The molecule has 7 nitrogen and oxygen atoms in total. The van der Waals surface area contributed by atoms with E-state index in [0.29, 0.717) is 16.6 Å². The summed E-state index contributed by atoms with van der Waals surface area (Å²) in [5.74, 6) is -2.15. The third-order valence-electron chi connectivity index (χ3n) is 5.44. The van der Waals surface area contributed by atoms with Gasteiger partial charge in [-0.15, -0.1) is 0 Å². The van der Waals surface area contributed by atoms with Gasteiger partial charge in [0, 0.05) is 14.3 Å². The fraction of sp³-hybridized carbons (Fsp3) is 0.115. The summed E-state index contributed by atoms with van der Waals surface area (Å²) < 4.78 is 2.87. The molecular weight excluding hydrogens is 576 g/mol. The van der Waals surface area contributed by atoms with Gasteiger partial charge in [-0.25, -0.2) is 4.68 Å². The second-order valence-corrected chi connectivity index (χ2v) is 9.82. The largest absolute Gasteiger partial charge is 0.341 e. The Morgan fingerprint density at radius 2 is 1.63 bits per heavy atom. The molecule has 1 heterocycles. The fourth-order valence-electron chi connectivity index (χ4n) is 3.62. The van der Waals surface area contributed by atoms with Gasteiger partial charge in [-0.1, -0.05) is 52.3 Å². The number of anilines is 1. The highest BCUT2D eigenvalue weighted by molar-refractivity contribution is 9.10. The minimum absolute atomic E-state index is 0.169. The van der Waals surface area contributed by atoms with Crippen molar-refractivity contribution >= 4 is 66.2 Å². The Morgan fingerprint density at radius 1 is 0.886 bits per heavy atom. The average molecular weight is 598 g/mol. The second kappa shape index (κ2) is 10.5. The molecule has 3 aromatic carbocycles. The van der Waals surface area contributed by atoms with Crippen LogP contribution in [-0.4, -0.2) is 22.4 Å². The molecule has 1 atom stereocenters. The number of nitrogens with zero attached hydrogens (tertiary/aromatic N) is 1. The molecule has 0 saturated carbocycles. The van der Waals surface area contributed by atoms with Crippen molar-refractivity contribution in [2.75, 3.05) is 10.7 Å². The number of halogens is 2. The Kier molecular flexibility index (Phi) is 7.37. The number of amides is 3. The van der Waals surface area contributed by atoms with Crippen LogP contribution in [0.25, 0.3) is 10.9 Å². The van der Waals surface area contributed by atoms with Gasteiger partial charge < -0.3 is 10.6 Å². The first-order valence-electron chi connectivity index (χ1n) is 10.8. The Morgan fingerprint density at radius 3 is 2.34 bits per heavy atom. The average Bonchev–Trinajstić information content (AvgIpc) is 3.18. The van der Waals surface area contributed by atoms with Gasteiger partial charge in [0.15, 0.2) is 0 Å². The molecule has 0 spiro atoms. The Balaban J connectivity index is 1.60. The molecule has 1 aromatic heterocycles. The molecule has 0 saturated heterocycles. The molecule has 4 aromatic rings. The molecule has 3 N–H and O–H groups in total. The molecule has 0 aliphatic heterocycles. The number of fused-ring (bicyclic) bond motifs is 1. The fourth-order valence-corrected chi connectivity index (χ4v) is 4.59. The lowest BCUT2D eigenvalue weighted by atomic mass is 10.1. The van der Waals surface area contributed by atoms with E-state index in [2.05, 4.69) is 47.9 Å². The number of aryl methyl sites for hydroxylation is 1. The Hall–Kier alpha value is -3.43. The van der Waals surface area contributed by atoms with Crippen LogP contribution in [0.1, 0.15) is 34.6 Å². The maximum absolute atomic E-state index is 13.2. The molecule has 0 aliphatic carbocycles. The lowest BCUT2D eigenvalue weighted by Crippen LogP contribution is -2.40. The smallest absolute Gasteiger partial charge is 0.328 e. The summed E-state index contributed by atoms with van der Waals surface area (Å²) in [6, 6.07) is 21.6. The molecule has 0 fully saturated rings. The van der Waals surface area contributed by atoms with E-state index in [-0.39, 0.29) is 11.7 Å². The van der Waals surface area contributed by atoms with Crippen molar-refractivity contribution in [1.82, 2.24) is 9.99 Å². The van der Waals surface area contributed by atoms with E-state index < -0.39 is 17.7 Å². The van der Waals surface area contributed by atoms with Gasteiger partial charge in [-0.2, -0.15) is 0 Å². The molecule has 0 unspecified atom stereocenters. The number of benzene rings is 3. The quantitative estimate of drug-likeness (QED) is 0.259. The van der Waals surface area contributed by atoms with Gasteiger partial charge in [0.1, 0.15) is 5.69 Å². The highest BCUT2D eigenvalue weighted by atomic mass is 79.9. The van der Waals surface area contributed by atoms with Gasteiger partial charge in [0.05, 0.1) is 17.2 Å². The normalized spacial score (nSPS) is 11.7. The summed E-state index contributed by atoms with van der Waals surface area (Å²) >= 11 is 6.89. The minimum Gasteiger partial charge on any atom is -0.341 e. The Bertz CT molecular complexity index is 1430. The molecule has 0 aliphatic rings. The van der Waals surface area contributed by atoms with Gasteiger partial charge in [-0.05, 0) is 77.3 Å². The van der Waals surface area contributed by atoms with E-state index in [4.69, 9.17) is 0 Å². The van der Waals surface area contributed by atoms with E-state index in [1.54, 1.807) is 31.2 Å². The molecule has 3 amide bonds. The second-order valence-electron chi connectivity index (χ2n) is 8.05. The monoisotopic (exact) mass is 596 g/mol. The van der Waals surface area contributed by atoms with Crippen molar-refractivity contribution in [3.63, 3.8) is 0 Å². The first-order chi connectivity index (χ1) is 16.7. The highest BCUT2D eigenvalue weighted by Crippen LogP contribution is 2.26. The summed E-state index contributed by atoms with van der Waals surface area (Å²) in [7, 11) is 0. The van der Waals surface area contributed by atoms with Crippen LogP contribution in [0, 0.1) is 6.92 Å². The van der Waals surface area contributed by atoms with Gasteiger partial charge >= 0.3 is 11.8 Å². The van der Waals surface area contributed by atoms with Crippen LogP contribution >= 0.6 is 31.9 Å². The van der Waals surface area contributed by atoms with Crippen molar-refractivity contribution in [2.24, 2.45) is 0 Å². The van der Waals surface area contributed by atoms with Crippen LogP contribution in [0.3, 0.4) is 0 Å². The third-order valence-corrected chi connectivity index (χ3v) is 6.59. The predicted octanol–water partition coefficient (Wildman–Crippen LogP) is 5.67. The summed E-state index contributed by atoms with van der Waals surface area (Å²) in [5, 5.41) is 6.26. The van der Waals surface area contributed by atoms with Gasteiger partial charge in [0.2, 0.25) is 0 Å². The van der Waals surface area contributed by atoms with Crippen LogP contribution < -0.4 is 16.1 Å². The number of rotatable bonds is 5. The standard InChI is InChI=1S/C26H22Br2N4O3/c1-15-8-10-21(20(28)12-15)30-24(33)23-14-18-13-19(27)9-11-22(18)32(23)31-26(35)25(34)29-16(2)17-6-4-3-5-7-17/h3-14,16H,1-2H3,(H,29,34)(H,30,33)(H,31,35)/t16-/m1/s1. The molecule has 0 bridgehead atoms. The molecular formula is C26H22Br2N4O3. The first kappa shape index (κ1) is 24.7. The summed E-state index contributed by atoms with van der Waals surface area (Å²) in [6.07, 6.45) is 0. The third kappa shape index (κ3) is 5.63. The number of aromatic nitrogens is 1. The molecule has 0 radical (unpaired) electrons. The van der Waals surface area contributed by atoms with Crippen LogP contribution in [0.4, 0.5) is 5.69 Å². The Labute approximate surface area is 219 Å². The molecule has 9 heteroatoms. The first-order valence-corrected chi connectivity index (χ1v) is 12.4. The zero-order valence-electron chi connectivity index (χ0n) is 18.9. The molecule has 178 valence electrons. The number of nitrogens with one attached hydrogen (secondary N) is 3. The zero-order chi connectivity index (χ0) is 25.1. The van der Waals surface area contributed by atoms with Gasteiger partial charge in [-0.3, -0.25) is 19.8 Å². The number of carbonyl (C=O) groups excluding carboxylic acids is 3.